The molecule has 20 heavy (non-hydrogen) atoms. The first-order valence-corrected chi connectivity index (χ1v) is 7.12. The Balaban J connectivity index is 2.32. The van der Waals surface area contributed by atoms with E-state index in [0.29, 0.717) is 13.0 Å². The molecule has 0 bridgehead atoms. The molecule has 0 amide bonds. The fourth-order valence-electron chi connectivity index (χ4n) is 2.02. The van der Waals surface area contributed by atoms with Crippen LogP contribution in [0.5, 0.6) is 0 Å². The van der Waals surface area contributed by atoms with Crippen molar-refractivity contribution in [2.24, 2.45) is 0 Å². The first-order chi connectivity index (χ1) is 9.61. The van der Waals surface area contributed by atoms with Crippen molar-refractivity contribution in [2.75, 3.05) is 6.61 Å². The molecular weight excluding hydrogens is 248 g/mol. The molecule has 0 aromatic heterocycles. The molecule has 1 aromatic carbocycles. The van der Waals surface area contributed by atoms with Gasteiger partial charge in [-0.05, 0) is 38.3 Å². The molecule has 0 saturated heterocycles. The van der Waals surface area contributed by atoms with Gasteiger partial charge in [0.1, 0.15) is 6.61 Å². The fraction of sp³-hybridized carbons (Fsp3) is 0.389. The molecule has 0 atom stereocenters. The van der Waals surface area contributed by atoms with Crippen LogP contribution in [0.4, 0.5) is 0 Å². The first kappa shape index (κ1) is 16.2. The third kappa shape index (κ3) is 6.93. The SMILES string of the molecule is CC/C=C(\C)C/C(C)=C/COC(=O)Cc1ccccc1. The van der Waals surface area contributed by atoms with E-state index in [-0.39, 0.29) is 5.97 Å². The monoisotopic (exact) mass is 272 g/mol. The van der Waals surface area contributed by atoms with Gasteiger partial charge < -0.3 is 4.74 Å². The Bertz CT molecular complexity index is 469. The highest BCUT2D eigenvalue weighted by atomic mass is 16.5. The molecule has 2 heteroatoms. The minimum absolute atomic E-state index is 0.180. The van der Waals surface area contributed by atoms with Gasteiger partial charge in [-0.3, -0.25) is 4.79 Å². The van der Waals surface area contributed by atoms with Crippen LogP contribution in [-0.2, 0) is 16.0 Å². The smallest absolute Gasteiger partial charge is 0.310 e. The largest absolute Gasteiger partial charge is 0.461 e. The second kappa shape index (κ2) is 9.13. The molecule has 0 saturated carbocycles. The molecule has 0 spiro atoms. The van der Waals surface area contributed by atoms with E-state index in [2.05, 4.69) is 26.8 Å². The van der Waals surface area contributed by atoms with Gasteiger partial charge in [0.2, 0.25) is 0 Å². The number of esters is 1. The predicted molar refractivity (Wildman–Crippen MR) is 83.5 cm³/mol. The highest BCUT2D eigenvalue weighted by molar-refractivity contribution is 5.72. The van der Waals surface area contributed by atoms with Gasteiger partial charge in [0.25, 0.3) is 0 Å². The quantitative estimate of drug-likeness (QED) is 0.541. The molecule has 1 aromatic rings. The summed E-state index contributed by atoms with van der Waals surface area (Å²) in [6.45, 7) is 6.69. The molecule has 0 aliphatic rings. The third-order valence-corrected chi connectivity index (χ3v) is 2.98. The average Bonchev–Trinajstić information content (AvgIpc) is 2.39. The summed E-state index contributed by atoms with van der Waals surface area (Å²) in [4.78, 5) is 11.7. The Kier molecular flexibility index (Phi) is 7.41. The summed E-state index contributed by atoms with van der Waals surface area (Å²) < 4.78 is 5.22. The summed E-state index contributed by atoms with van der Waals surface area (Å²) in [5.41, 5.74) is 3.58. The zero-order valence-corrected chi connectivity index (χ0v) is 12.7. The van der Waals surface area contributed by atoms with E-state index in [4.69, 9.17) is 4.74 Å². The van der Waals surface area contributed by atoms with Crippen LogP contribution in [0.3, 0.4) is 0 Å². The van der Waals surface area contributed by atoms with Crippen LogP contribution in [0.1, 0.15) is 39.2 Å². The van der Waals surface area contributed by atoms with Crippen LogP contribution in [0, 0.1) is 0 Å². The molecule has 2 nitrogen and oxygen atoms in total. The van der Waals surface area contributed by atoms with Crippen molar-refractivity contribution in [3.63, 3.8) is 0 Å². The van der Waals surface area contributed by atoms with Crippen LogP contribution in [0.25, 0.3) is 0 Å². The Morgan fingerprint density at radius 3 is 2.40 bits per heavy atom. The maximum atomic E-state index is 11.7. The summed E-state index contributed by atoms with van der Waals surface area (Å²) in [6.07, 6.45) is 6.55. The minimum Gasteiger partial charge on any atom is -0.461 e. The summed E-state index contributed by atoms with van der Waals surface area (Å²) in [5, 5.41) is 0. The van der Waals surface area contributed by atoms with Gasteiger partial charge in [-0.2, -0.15) is 0 Å². The molecule has 0 heterocycles. The summed E-state index contributed by atoms with van der Waals surface area (Å²) >= 11 is 0. The van der Waals surface area contributed by atoms with Gasteiger partial charge >= 0.3 is 5.97 Å². The Labute approximate surface area is 122 Å². The Hall–Kier alpha value is -1.83. The van der Waals surface area contributed by atoms with Crippen molar-refractivity contribution >= 4 is 5.97 Å². The number of hydrogen-bond acceptors (Lipinski definition) is 2. The van der Waals surface area contributed by atoms with Crippen LogP contribution in [0.15, 0.2) is 53.6 Å². The number of benzene rings is 1. The number of allylic oxidation sites excluding steroid dienone is 3. The molecule has 0 radical (unpaired) electrons. The lowest BCUT2D eigenvalue weighted by molar-refractivity contribution is -0.141. The zero-order valence-electron chi connectivity index (χ0n) is 12.7. The van der Waals surface area contributed by atoms with Crippen LogP contribution < -0.4 is 0 Å². The Morgan fingerprint density at radius 1 is 1.10 bits per heavy atom. The number of hydrogen-bond donors (Lipinski definition) is 0. The molecular formula is C18H24O2. The second-order valence-electron chi connectivity index (χ2n) is 5.03. The van der Waals surface area contributed by atoms with Gasteiger partial charge in [-0.25, -0.2) is 0 Å². The zero-order chi connectivity index (χ0) is 14.8. The molecule has 1 rings (SSSR count). The van der Waals surface area contributed by atoms with Gasteiger partial charge in [0, 0.05) is 0 Å². The maximum absolute atomic E-state index is 11.7. The standard InChI is InChI=1S/C18H24O2/c1-4-8-15(2)13-16(3)11-12-20-18(19)14-17-9-6-5-7-10-17/h5-11H,4,12-14H2,1-3H3/b15-8+,16-11+. The first-order valence-electron chi connectivity index (χ1n) is 7.12. The molecule has 0 unspecified atom stereocenters. The van der Waals surface area contributed by atoms with E-state index < -0.39 is 0 Å². The number of rotatable bonds is 7. The van der Waals surface area contributed by atoms with Crippen molar-refractivity contribution in [3.8, 4) is 0 Å². The normalized spacial score (nSPS) is 12.3. The molecule has 0 fully saturated rings. The van der Waals surface area contributed by atoms with E-state index in [1.54, 1.807) is 0 Å². The van der Waals surface area contributed by atoms with Crippen molar-refractivity contribution < 1.29 is 9.53 Å². The lowest BCUT2D eigenvalue weighted by Crippen LogP contribution is -2.08. The molecule has 108 valence electrons. The van der Waals surface area contributed by atoms with Crippen LogP contribution in [0.2, 0.25) is 0 Å². The second-order valence-corrected chi connectivity index (χ2v) is 5.03. The van der Waals surface area contributed by atoms with Gasteiger partial charge in [0.05, 0.1) is 6.42 Å². The highest BCUT2D eigenvalue weighted by Gasteiger charge is 2.03. The average molecular weight is 272 g/mol. The summed E-state index contributed by atoms with van der Waals surface area (Å²) in [6, 6.07) is 9.65. The van der Waals surface area contributed by atoms with Crippen molar-refractivity contribution in [1.82, 2.24) is 0 Å². The molecule has 0 aliphatic heterocycles. The van der Waals surface area contributed by atoms with Gasteiger partial charge in [-0.1, -0.05) is 54.5 Å². The van der Waals surface area contributed by atoms with Gasteiger partial charge in [0.15, 0.2) is 0 Å². The van der Waals surface area contributed by atoms with E-state index in [9.17, 15) is 4.79 Å². The Morgan fingerprint density at radius 2 is 1.75 bits per heavy atom. The summed E-state index contributed by atoms with van der Waals surface area (Å²) in [7, 11) is 0. The predicted octanol–water partition coefficient (Wildman–Crippen LogP) is 4.47. The molecule has 0 N–H and O–H groups in total. The topological polar surface area (TPSA) is 26.3 Å². The number of ether oxygens (including phenoxy) is 1. The minimum atomic E-state index is -0.180. The molecule has 0 aliphatic carbocycles. The summed E-state index contributed by atoms with van der Waals surface area (Å²) in [5.74, 6) is -0.180. The van der Waals surface area contributed by atoms with Crippen molar-refractivity contribution in [1.29, 1.82) is 0 Å². The third-order valence-electron chi connectivity index (χ3n) is 2.98. The van der Waals surface area contributed by atoms with E-state index in [1.165, 1.54) is 11.1 Å². The van der Waals surface area contributed by atoms with Crippen molar-refractivity contribution in [2.45, 2.75) is 40.0 Å². The van der Waals surface area contributed by atoms with E-state index in [1.807, 2.05) is 36.4 Å². The lowest BCUT2D eigenvalue weighted by atomic mass is 10.1. The van der Waals surface area contributed by atoms with Crippen LogP contribution in [-0.4, -0.2) is 12.6 Å². The van der Waals surface area contributed by atoms with E-state index >= 15 is 0 Å². The lowest BCUT2D eigenvalue weighted by Gasteiger charge is -2.04. The number of carbonyl (C=O) groups excluding carboxylic acids is 1. The van der Waals surface area contributed by atoms with Crippen LogP contribution >= 0.6 is 0 Å². The van der Waals surface area contributed by atoms with Crippen molar-refractivity contribution in [3.05, 3.63) is 59.2 Å². The number of carbonyl (C=O) groups is 1. The van der Waals surface area contributed by atoms with E-state index in [0.717, 1.165) is 18.4 Å². The highest BCUT2D eigenvalue weighted by Crippen LogP contribution is 2.10. The van der Waals surface area contributed by atoms with Gasteiger partial charge in [-0.15, -0.1) is 0 Å². The maximum Gasteiger partial charge on any atom is 0.310 e. The fourth-order valence-corrected chi connectivity index (χ4v) is 2.02.